The lowest BCUT2D eigenvalue weighted by Crippen LogP contribution is -2.23. The van der Waals surface area contributed by atoms with E-state index < -0.39 is 0 Å². The van der Waals surface area contributed by atoms with Crippen LogP contribution in [0.25, 0.3) is 0 Å². The van der Waals surface area contributed by atoms with Gasteiger partial charge in [0.25, 0.3) is 0 Å². The quantitative estimate of drug-likeness (QED) is 0.894. The molecule has 2 unspecified atom stereocenters. The molecule has 0 amide bonds. The van der Waals surface area contributed by atoms with Gasteiger partial charge in [-0.25, -0.2) is 4.98 Å². The highest BCUT2D eigenvalue weighted by atomic mass is 15.2. The van der Waals surface area contributed by atoms with Crippen LogP contribution < -0.4 is 10.2 Å². The fourth-order valence-electron chi connectivity index (χ4n) is 3.77. The Balaban J connectivity index is 1.78. The number of aromatic nitrogens is 1. The third-order valence-electron chi connectivity index (χ3n) is 4.92. The summed E-state index contributed by atoms with van der Waals surface area (Å²) in [5, 5.41) is 3.43. The van der Waals surface area contributed by atoms with Crippen molar-refractivity contribution >= 4 is 5.82 Å². The van der Waals surface area contributed by atoms with E-state index in [0.717, 1.165) is 31.3 Å². The summed E-state index contributed by atoms with van der Waals surface area (Å²) in [6.45, 7) is 8.79. The van der Waals surface area contributed by atoms with Crippen LogP contribution in [0.3, 0.4) is 0 Å². The summed E-state index contributed by atoms with van der Waals surface area (Å²) in [4.78, 5) is 7.40. The van der Waals surface area contributed by atoms with E-state index in [2.05, 4.69) is 36.2 Å². The Kier molecular flexibility index (Phi) is 4.25. The van der Waals surface area contributed by atoms with Crippen molar-refractivity contribution in [1.82, 2.24) is 10.3 Å². The first kappa shape index (κ1) is 13.9. The molecule has 3 nitrogen and oxygen atoms in total. The van der Waals surface area contributed by atoms with Gasteiger partial charge in [-0.3, -0.25) is 0 Å². The molecule has 110 valence electrons. The minimum absolute atomic E-state index is 0.930. The summed E-state index contributed by atoms with van der Waals surface area (Å²) >= 11 is 0. The van der Waals surface area contributed by atoms with Crippen LogP contribution in [0.5, 0.6) is 0 Å². The van der Waals surface area contributed by atoms with E-state index in [1.165, 1.54) is 49.4 Å². The molecule has 1 aromatic rings. The first-order chi connectivity index (χ1) is 9.80. The van der Waals surface area contributed by atoms with Crippen LogP contribution in [0, 0.1) is 11.8 Å². The van der Waals surface area contributed by atoms with Crippen molar-refractivity contribution in [2.45, 2.75) is 46.1 Å². The number of nitrogens with one attached hydrogen (secondary N) is 1. The van der Waals surface area contributed by atoms with Crippen molar-refractivity contribution in [3.63, 3.8) is 0 Å². The Labute approximate surface area is 122 Å². The van der Waals surface area contributed by atoms with E-state index in [0.29, 0.717) is 0 Å². The van der Waals surface area contributed by atoms with Gasteiger partial charge < -0.3 is 10.2 Å². The zero-order valence-electron chi connectivity index (χ0n) is 12.9. The lowest BCUT2D eigenvalue weighted by molar-refractivity contribution is 0.494. The Morgan fingerprint density at radius 1 is 1.20 bits per heavy atom. The van der Waals surface area contributed by atoms with Crippen molar-refractivity contribution in [3.8, 4) is 0 Å². The average Bonchev–Trinajstić information content (AvgIpc) is 3.05. The molecule has 1 aromatic heterocycles. The number of hydrogen-bond acceptors (Lipinski definition) is 3. The molecule has 3 rings (SSSR count). The minimum Gasteiger partial charge on any atom is -0.356 e. The minimum atomic E-state index is 0.930. The van der Waals surface area contributed by atoms with Gasteiger partial charge in [-0.05, 0) is 55.3 Å². The van der Waals surface area contributed by atoms with E-state index in [1.807, 2.05) is 0 Å². The van der Waals surface area contributed by atoms with Gasteiger partial charge in [-0.15, -0.1) is 0 Å². The van der Waals surface area contributed by atoms with Crippen LogP contribution in [0.1, 0.15) is 44.4 Å². The lowest BCUT2D eigenvalue weighted by Gasteiger charge is -2.20. The first-order valence-corrected chi connectivity index (χ1v) is 8.25. The second-order valence-electron chi connectivity index (χ2n) is 6.31. The molecule has 0 spiro atoms. The second-order valence-corrected chi connectivity index (χ2v) is 6.31. The third kappa shape index (κ3) is 2.83. The van der Waals surface area contributed by atoms with E-state index in [9.17, 15) is 0 Å². The largest absolute Gasteiger partial charge is 0.356 e. The second kappa shape index (κ2) is 6.13. The number of pyridine rings is 1. The van der Waals surface area contributed by atoms with E-state index >= 15 is 0 Å². The predicted molar refractivity (Wildman–Crippen MR) is 84.0 cm³/mol. The normalized spacial score (nSPS) is 25.2. The molecule has 1 N–H and O–H groups in total. The van der Waals surface area contributed by atoms with Crippen molar-refractivity contribution in [3.05, 3.63) is 23.4 Å². The van der Waals surface area contributed by atoms with E-state index in [4.69, 9.17) is 4.98 Å². The summed E-state index contributed by atoms with van der Waals surface area (Å²) in [6, 6.07) is 4.55. The molecule has 0 bridgehead atoms. The molecule has 3 heteroatoms. The SMILES string of the molecule is CCNCc1cc(CC)nc(N2CC3CCCC3C2)c1. The van der Waals surface area contributed by atoms with Gasteiger partial charge in [0.05, 0.1) is 0 Å². The van der Waals surface area contributed by atoms with Gasteiger partial charge in [0, 0.05) is 25.3 Å². The first-order valence-electron chi connectivity index (χ1n) is 8.25. The topological polar surface area (TPSA) is 28.2 Å². The van der Waals surface area contributed by atoms with Crippen molar-refractivity contribution in [1.29, 1.82) is 0 Å². The van der Waals surface area contributed by atoms with Gasteiger partial charge in [0.2, 0.25) is 0 Å². The third-order valence-corrected chi connectivity index (χ3v) is 4.92. The fourth-order valence-corrected chi connectivity index (χ4v) is 3.77. The highest BCUT2D eigenvalue weighted by Crippen LogP contribution is 2.39. The van der Waals surface area contributed by atoms with Crippen molar-refractivity contribution < 1.29 is 0 Å². The van der Waals surface area contributed by atoms with E-state index in [-0.39, 0.29) is 0 Å². The highest BCUT2D eigenvalue weighted by molar-refractivity contribution is 5.44. The molecule has 1 aliphatic carbocycles. The number of fused-ring (bicyclic) bond motifs is 1. The average molecular weight is 273 g/mol. The molecule has 2 fully saturated rings. The maximum atomic E-state index is 4.87. The maximum Gasteiger partial charge on any atom is 0.129 e. The smallest absolute Gasteiger partial charge is 0.129 e. The van der Waals surface area contributed by atoms with Crippen LogP contribution in [0.4, 0.5) is 5.82 Å². The van der Waals surface area contributed by atoms with E-state index in [1.54, 1.807) is 0 Å². The van der Waals surface area contributed by atoms with Gasteiger partial charge in [-0.2, -0.15) is 0 Å². The fraction of sp³-hybridized carbons (Fsp3) is 0.706. The van der Waals surface area contributed by atoms with Crippen molar-refractivity contribution in [2.24, 2.45) is 11.8 Å². The monoisotopic (exact) mass is 273 g/mol. The number of anilines is 1. The number of nitrogens with zero attached hydrogens (tertiary/aromatic N) is 2. The van der Waals surface area contributed by atoms with Gasteiger partial charge >= 0.3 is 0 Å². The Bertz CT molecular complexity index is 446. The molecular formula is C17H27N3. The molecule has 2 aliphatic rings. The molecule has 2 heterocycles. The Morgan fingerprint density at radius 2 is 1.95 bits per heavy atom. The van der Waals surface area contributed by atoms with Crippen LogP contribution in [0.15, 0.2) is 12.1 Å². The molecule has 1 saturated carbocycles. The van der Waals surface area contributed by atoms with Crippen LogP contribution in [0.2, 0.25) is 0 Å². The standard InChI is InChI=1S/C17H27N3/c1-3-16-8-13(10-18-4-2)9-17(19-16)20-11-14-6-5-7-15(14)12-20/h8-9,14-15,18H,3-7,10-12H2,1-2H3. The summed E-state index contributed by atoms with van der Waals surface area (Å²) in [5.41, 5.74) is 2.61. The number of rotatable bonds is 5. The Hall–Kier alpha value is -1.09. The van der Waals surface area contributed by atoms with Gasteiger partial charge in [-0.1, -0.05) is 20.3 Å². The zero-order valence-corrected chi connectivity index (χ0v) is 12.9. The summed E-state index contributed by atoms with van der Waals surface area (Å²) < 4.78 is 0. The lowest BCUT2D eigenvalue weighted by atomic mass is 10.0. The number of hydrogen-bond donors (Lipinski definition) is 1. The Morgan fingerprint density at radius 3 is 2.60 bits per heavy atom. The van der Waals surface area contributed by atoms with Gasteiger partial charge in [0.15, 0.2) is 0 Å². The molecular weight excluding hydrogens is 246 g/mol. The maximum absolute atomic E-state index is 4.87. The summed E-state index contributed by atoms with van der Waals surface area (Å²) in [7, 11) is 0. The molecule has 1 aliphatic heterocycles. The predicted octanol–water partition coefficient (Wildman–Crippen LogP) is 2.99. The molecule has 20 heavy (non-hydrogen) atoms. The molecule has 1 saturated heterocycles. The van der Waals surface area contributed by atoms with Crippen LogP contribution in [-0.4, -0.2) is 24.6 Å². The highest BCUT2D eigenvalue weighted by Gasteiger charge is 2.36. The van der Waals surface area contributed by atoms with Crippen LogP contribution in [-0.2, 0) is 13.0 Å². The van der Waals surface area contributed by atoms with Crippen LogP contribution >= 0.6 is 0 Å². The zero-order chi connectivity index (χ0) is 13.9. The number of aryl methyl sites for hydroxylation is 1. The van der Waals surface area contributed by atoms with Crippen molar-refractivity contribution in [2.75, 3.05) is 24.5 Å². The van der Waals surface area contributed by atoms with Gasteiger partial charge in [0.1, 0.15) is 5.82 Å². The molecule has 0 radical (unpaired) electrons. The molecule has 2 atom stereocenters. The summed E-state index contributed by atoms with van der Waals surface area (Å²) in [5.74, 6) is 3.07. The summed E-state index contributed by atoms with van der Waals surface area (Å²) in [6.07, 6.45) is 5.32. The molecule has 0 aromatic carbocycles.